The van der Waals surface area contributed by atoms with Gasteiger partial charge in [-0.25, -0.2) is 23.5 Å². The molecule has 1 atom stereocenters. The molecule has 1 aliphatic carbocycles. The molecule has 0 aliphatic heterocycles. The van der Waals surface area contributed by atoms with E-state index in [9.17, 15) is 18.7 Å². The molecule has 9 nitrogen and oxygen atoms in total. The fourth-order valence-corrected chi connectivity index (χ4v) is 5.58. The molecule has 6 rings (SSSR count). The molecular formula is C28H25ClF2N6O3. The molecule has 40 heavy (non-hydrogen) atoms. The van der Waals surface area contributed by atoms with Crippen LogP contribution < -0.4 is 5.76 Å². The molecule has 0 bridgehead atoms. The summed E-state index contributed by atoms with van der Waals surface area (Å²) in [5, 5.41) is 15.6. The second-order valence-corrected chi connectivity index (χ2v) is 10.8. The Balaban J connectivity index is 1.60. The highest BCUT2D eigenvalue weighted by Crippen LogP contribution is 2.37. The van der Waals surface area contributed by atoms with Gasteiger partial charge < -0.3 is 9.67 Å². The van der Waals surface area contributed by atoms with E-state index in [2.05, 4.69) is 26.6 Å². The first-order valence-corrected chi connectivity index (χ1v) is 13.4. The van der Waals surface area contributed by atoms with Gasteiger partial charge in [0, 0.05) is 36.1 Å². The fraction of sp³-hybridized carbons (Fsp3) is 0.321. The summed E-state index contributed by atoms with van der Waals surface area (Å²) in [6.45, 7) is 2.74. The van der Waals surface area contributed by atoms with Crippen LogP contribution in [0.4, 0.5) is 8.78 Å². The Morgan fingerprint density at radius 2 is 1.95 bits per heavy atom. The number of H-pyrrole nitrogens is 1. The lowest BCUT2D eigenvalue weighted by molar-refractivity contribution is 0.193. The number of aliphatic hydroxyl groups is 1. The van der Waals surface area contributed by atoms with Crippen molar-refractivity contribution in [3.05, 3.63) is 81.3 Å². The highest BCUT2D eigenvalue weighted by molar-refractivity contribution is 6.30. The third kappa shape index (κ3) is 5.02. The van der Waals surface area contributed by atoms with Gasteiger partial charge in [0.1, 0.15) is 29.3 Å². The van der Waals surface area contributed by atoms with Gasteiger partial charge in [0.05, 0.1) is 21.7 Å². The number of imidazole rings is 1. The number of hydrogen-bond acceptors (Lipinski definition) is 7. The van der Waals surface area contributed by atoms with Crippen LogP contribution in [0, 0.1) is 23.5 Å². The molecule has 4 heterocycles. The maximum Gasteiger partial charge on any atom is 0.439 e. The van der Waals surface area contributed by atoms with E-state index in [0.717, 1.165) is 37.8 Å². The summed E-state index contributed by atoms with van der Waals surface area (Å²) < 4.78 is 35.0. The molecule has 4 aromatic heterocycles. The van der Waals surface area contributed by atoms with Gasteiger partial charge >= 0.3 is 5.76 Å². The molecule has 1 aliphatic rings. The second kappa shape index (κ2) is 10.5. The van der Waals surface area contributed by atoms with Gasteiger partial charge in [0.25, 0.3) is 0 Å². The van der Waals surface area contributed by atoms with Gasteiger partial charge in [-0.2, -0.15) is 0 Å². The van der Waals surface area contributed by atoms with Crippen molar-refractivity contribution in [1.82, 2.24) is 29.7 Å². The molecule has 5 aromatic rings. The lowest BCUT2D eigenvalue weighted by Gasteiger charge is -2.28. The number of pyridine rings is 2. The number of hydrogen-bond donors (Lipinski definition) is 2. The average Bonchev–Trinajstić information content (AvgIpc) is 3.53. The standard InChI is InChI=1S/C28H25ClF2N6O3/c1-14-2-4-15(5-3-14)13-37-24-21(34-27(37)25(38)19-7-6-18(30)9-20(19)31)10-22(26-35-28(39)40-36-26)33-23(24)16-8-17(29)12-32-11-16/h6-12,14-15,25,38H,2-5,13H2,1H3,(H,35,36,39). The third-order valence-electron chi connectivity index (χ3n) is 7.49. The summed E-state index contributed by atoms with van der Waals surface area (Å²) in [6.07, 6.45) is 5.73. The van der Waals surface area contributed by atoms with Crippen LogP contribution in [0.15, 0.2) is 52.0 Å². The topological polar surface area (TPSA) is 123 Å². The Hall–Kier alpha value is -3.96. The maximum atomic E-state index is 14.8. The molecule has 1 aromatic carbocycles. The van der Waals surface area contributed by atoms with Crippen LogP contribution in [0.25, 0.3) is 33.8 Å². The summed E-state index contributed by atoms with van der Waals surface area (Å²) in [5.41, 5.74) is 2.16. The van der Waals surface area contributed by atoms with Gasteiger partial charge in [-0.05, 0) is 42.9 Å². The summed E-state index contributed by atoms with van der Waals surface area (Å²) in [5.74, 6) is -1.18. The van der Waals surface area contributed by atoms with Crippen LogP contribution >= 0.6 is 11.6 Å². The minimum absolute atomic E-state index is 0.0885. The smallest absolute Gasteiger partial charge is 0.380 e. The maximum absolute atomic E-state index is 14.8. The van der Waals surface area contributed by atoms with Crippen LogP contribution in [0.2, 0.25) is 5.02 Å². The second-order valence-electron chi connectivity index (χ2n) is 10.3. The first kappa shape index (κ1) is 26.3. The number of aliphatic hydroxyl groups excluding tert-OH is 1. The number of nitrogens with zero attached hydrogens (tertiary/aromatic N) is 5. The van der Waals surface area contributed by atoms with E-state index >= 15 is 0 Å². The zero-order valence-corrected chi connectivity index (χ0v) is 22.2. The summed E-state index contributed by atoms with van der Waals surface area (Å²) >= 11 is 6.28. The highest BCUT2D eigenvalue weighted by atomic mass is 35.5. The van der Waals surface area contributed by atoms with Crippen molar-refractivity contribution in [2.45, 2.75) is 45.3 Å². The van der Waals surface area contributed by atoms with Crippen molar-refractivity contribution in [3.63, 3.8) is 0 Å². The van der Waals surface area contributed by atoms with Crippen molar-refractivity contribution in [2.75, 3.05) is 0 Å². The van der Waals surface area contributed by atoms with Crippen molar-refractivity contribution in [2.24, 2.45) is 11.8 Å². The number of halogens is 3. The number of rotatable bonds is 6. The minimum atomic E-state index is -1.49. The van der Waals surface area contributed by atoms with Gasteiger partial charge in [0.2, 0.25) is 5.82 Å². The molecule has 2 N–H and O–H groups in total. The normalized spacial score (nSPS) is 18.3. The van der Waals surface area contributed by atoms with E-state index in [4.69, 9.17) is 21.6 Å². The van der Waals surface area contributed by atoms with Crippen LogP contribution in [-0.4, -0.2) is 34.8 Å². The van der Waals surface area contributed by atoms with Crippen LogP contribution in [0.1, 0.15) is 50.1 Å². The van der Waals surface area contributed by atoms with E-state index < -0.39 is 23.5 Å². The van der Waals surface area contributed by atoms with E-state index in [0.29, 0.717) is 39.8 Å². The Labute approximate surface area is 231 Å². The lowest BCUT2D eigenvalue weighted by Crippen LogP contribution is -2.20. The van der Waals surface area contributed by atoms with E-state index in [1.165, 1.54) is 12.3 Å². The summed E-state index contributed by atoms with van der Waals surface area (Å²) in [4.78, 5) is 27.9. The quantitative estimate of drug-likeness (QED) is 0.271. The Morgan fingerprint density at radius 1 is 1.15 bits per heavy atom. The Morgan fingerprint density at radius 3 is 2.65 bits per heavy atom. The van der Waals surface area contributed by atoms with Crippen LogP contribution in [0.5, 0.6) is 0 Å². The number of aromatic nitrogens is 6. The largest absolute Gasteiger partial charge is 0.439 e. The zero-order chi connectivity index (χ0) is 28.0. The number of nitrogens with one attached hydrogen (secondary N) is 1. The zero-order valence-electron chi connectivity index (χ0n) is 21.4. The molecule has 1 unspecified atom stereocenters. The molecule has 1 fully saturated rings. The first-order valence-electron chi connectivity index (χ1n) is 13.0. The number of aromatic amines is 1. The number of fused-ring (bicyclic) bond motifs is 1. The van der Waals surface area contributed by atoms with Crippen LogP contribution in [0.3, 0.4) is 0 Å². The predicted octanol–water partition coefficient (Wildman–Crippen LogP) is 5.68. The SMILES string of the molecule is CC1CCC(Cn2c(C(O)c3ccc(F)cc3F)nc3cc(-c4noc(=O)[nH]4)nc(-c4cncc(Cl)c4)c32)CC1. The molecule has 0 amide bonds. The lowest BCUT2D eigenvalue weighted by atomic mass is 9.83. The van der Waals surface area contributed by atoms with Gasteiger partial charge in [-0.3, -0.25) is 14.5 Å². The van der Waals surface area contributed by atoms with E-state index in [-0.39, 0.29) is 28.8 Å². The van der Waals surface area contributed by atoms with E-state index in [1.54, 1.807) is 18.3 Å². The molecule has 0 spiro atoms. The monoisotopic (exact) mass is 566 g/mol. The first-order chi connectivity index (χ1) is 19.3. The minimum Gasteiger partial charge on any atom is -0.380 e. The van der Waals surface area contributed by atoms with Gasteiger partial charge in [-0.1, -0.05) is 42.6 Å². The molecule has 0 radical (unpaired) electrons. The van der Waals surface area contributed by atoms with E-state index in [1.807, 2.05) is 4.57 Å². The molecule has 12 heteroatoms. The van der Waals surface area contributed by atoms with Crippen molar-refractivity contribution in [1.29, 1.82) is 0 Å². The molecule has 206 valence electrons. The van der Waals surface area contributed by atoms with Crippen molar-refractivity contribution in [3.8, 4) is 22.8 Å². The predicted molar refractivity (Wildman–Crippen MR) is 143 cm³/mol. The van der Waals surface area contributed by atoms with Crippen molar-refractivity contribution >= 4 is 22.6 Å². The number of benzene rings is 1. The summed E-state index contributed by atoms with van der Waals surface area (Å²) in [6, 6.07) is 6.35. The molecule has 0 saturated heterocycles. The molecule has 1 saturated carbocycles. The summed E-state index contributed by atoms with van der Waals surface area (Å²) in [7, 11) is 0. The Kier molecular flexibility index (Phi) is 6.93. The third-order valence-corrected chi connectivity index (χ3v) is 7.70. The van der Waals surface area contributed by atoms with Gasteiger partial charge in [0.15, 0.2) is 0 Å². The van der Waals surface area contributed by atoms with Gasteiger partial charge in [-0.15, -0.1) is 0 Å². The fourth-order valence-electron chi connectivity index (χ4n) is 5.40. The van der Waals surface area contributed by atoms with Crippen molar-refractivity contribution < 1.29 is 18.4 Å². The molecular weight excluding hydrogens is 542 g/mol. The average molecular weight is 567 g/mol. The Bertz CT molecular complexity index is 1760. The van der Waals surface area contributed by atoms with Crippen LogP contribution in [-0.2, 0) is 6.54 Å². The highest BCUT2D eigenvalue weighted by Gasteiger charge is 2.29.